The first kappa shape index (κ1) is 10.8. The second-order valence-corrected chi connectivity index (χ2v) is 3.58. The molecule has 0 amide bonds. The highest BCUT2D eigenvalue weighted by atomic mass is 31.1. The van der Waals surface area contributed by atoms with Gasteiger partial charge in [-0.15, -0.1) is 0 Å². The van der Waals surface area contributed by atoms with Gasteiger partial charge in [-0.1, -0.05) is 18.2 Å². The lowest BCUT2D eigenvalue weighted by molar-refractivity contribution is -0.135. The van der Waals surface area contributed by atoms with Crippen molar-refractivity contribution >= 4 is 14.1 Å². The van der Waals surface area contributed by atoms with Crippen LogP contribution >= 0.6 is 8.18 Å². The van der Waals surface area contributed by atoms with E-state index in [4.69, 9.17) is 9.63 Å². The standard InChI is InChI=1S/C8H10NO4P/c10-8(11)6-9-14(12)13-7-4-2-1-3-5-7/h1-5,14H,6H2,(H,9,12)(H,10,11). The summed E-state index contributed by atoms with van der Waals surface area (Å²) in [5, 5.41) is 10.5. The molecule has 76 valence electrons. The van der Waals surface area contributed by atoms with Crippen LogP contribution in [0.1, 0.15) is 0 Å². The maximum absolute atomic E-state index is 11.1. The van der Waals surface area contributed by atoms with Crippen LogP contribution in [0.4, 0.5) is 0 Å². The van der Waals surface area contributed by atoms with E-state index in [0.717, 1.165) is 0 Å². The molecule has 0 saturated heterocycles. The molecule has 1 rings (SSSR count). The zero-order valence-corrected chi connectivity index (χ0v) is 8.27. The molecule has 14 heavy (non-hydrogen) atoms. The Hall–Kier alpha value is -1.32. The van der Waals surface area contributed by atoms with Crippen LogP contribution in [0.3, 0.4) is 0 Å². The lowest BCUT2D eigenvalue weighted by Gasteiger charge is -2.05. The Labute approximate surface area is 81.6 Å². The fourth-order valence-corrected chi connectivity index (χ4v) is 1.50. The predicted molar refractivity (Wildman–Crippen MR) is 51.7 cm³/mol. The number of aliphatic carboxylic acids is 1. The largest absolute Gasteiger partial charge is 0.480 e. The number of carboxylic acid groups (broad SMARTS) is 1. The molecule has 1 aromatic rings. The van der Waals surface area contributed by atoms with E-state index >= 15 is 0 Å². The molecular weight excluding hydrogens is 205 g/mol. The topological polar surface area (TPSA) is 75.6 Å². The number of rotatable bonds is 5. The van der Waals surface area contributed by atoms with E-state index in [9.17, 15) is 9.36 Å². The summed E-state index contributed by atoms with van der Waals surface area (Å²) in [6, 6.07) is 8.56. The Kier molecular flexibility index (Phi) is 4.16. The van der Waals surface area contributed by atoms with Gasteiger partial charge in [0, 0.05) is 0 Å². The molecule has 6 heteroatoms. The van der Waals surface area contributed by atoms with Crippen molar-refractivity contribution in [2.75, 3.05) is 6.54 Å². The van der Waals surface area contributed by atoms with E-state index in [0.29, 0.717) is 5.75 Å². The first-order chi connectivity index (χ1) is 6.68. The monoisotopic (exact) mass is 215 g/mol. The van der Waals surface area contributed by atoms with Crippen LogP contribution in [0.25, 0.3) is 0 Å². The van der Waals surface area contributed by atoms with E-state index in [1.165, 1.54) is 0 Å². The van der Waals surface area contributed by atoms with Gasteiger partial charge in [-0.25, -0.2) is 5.09 Å². The van der Waals surface area contributed by atoms with Crippen molar-refractivity contribution in [3.05, 3.63) is 30.3 Å². The zero-order chi connectivity index (χ0) is 10.4. The minimum Gasteiger partial charge on any atom is -0.480 e. The van der Waals surface area contributed by atoms with E-state index < -0.39 is 14.1 Å². The van der Waals surface area contributed by atoms with Gasteiger partial charge in [0.25, 0.3) is 0 Å². The Bertz CT molecular complexity index is 327. The summed E-state index contributed by atoms with van der Waals surface area (Å²) in [5.74, 6) is -0.616. The van der Waals surface area contributed by atoms with Crippen LogP contribution in [0.2, 0.25) is 0 Å². The smallest absolute Gasteiger partial charge is 0.317 e. The Morgan fingerprint density at radius 3 is 2.64 bits per heavy atom. The molecule has 1 aromatic carbocycles. The van der Waals surface area contributed by atoms with Crippen molar-refractivity contribution in [3.63, 3.8) is 0 Å². The van der Waals surface area contributed by atoms with Crippen LogP contribution in [-0.2, 0) is 9.36 Å². The van der Waals surface area contributed by atoms with E-state index in [2.05, 4.69) is 5.09 Å². The van der Waals surface area contributed by atoms with Gasteiger partial charge in [-0.3, -0.25) is 9.36 Å². The van der Waals surface area contributed by atoms with Crippen LogP contribution in [0.15, 0.2) is 30.3 Å². The Balaban J connectivity index is 2.38. The molecule has 0 bridgehead atoms. The quantitative estimate of drug-likeness (QED) is 0.720. The minimum atomic E-state index is -2.52. The molecule has 0 radical (unpaired) electrons. The summed E-state index contributed by atoms with van der Waals surface area (Å²) in [5.41, 5.74) is 0. The Morgan fingerprint density at radius 1 is 1.43 bits per heavy atom. The average molecular weight is 215 g/mol. The van der Waals surface area contributed by atoms with Crippen molar-refractivity contribution in [2.24, 2.45) is 0 Å². The summed E-state index contributed by atoms with van der Waals surface area (Å²) in [4.78, 5) is 10.1. The highest BCUT2D eigenvalue weighted by Crippen LogP contribution is 2.21. The number of carboxylic acids is 1. The lowest BCUT2D eigenvalue weighted by Crippen LogP contribution is -2.16. The summed E-state index contributed by atoms with van der Waals surface area (Å²) in [6.45, 7) is -0.370. The number of carbonyl (C=O) groups is 1. The van der Waals surface area contributed by atoms with E-state index in [1.807, 2.05) is 0 Å². The minimum absolute atomic E-state index is 0.370. The molecule has 0 saturated carbocycles. The van der Waals surface area contributed by atoms with Crippen LogP contribution in [0.5, 0.6) is 5.75 Å². The van der Waals surface area contributed by atoms with Gasteiger partial charge in [0.2, 0.25) is 0 Å². The number of hydrogen-bond donors (Lipinski definition) is 2. The third-order valence-electron chi connectivity index (χ3n) is 1.34. The molecule has 0 aromatic heterocycles. The van der Waals surface area contributed by atoms with Crippen molar-refractivity contribution in [1.29, 1.82) is 0 Å². The lowest BCUT2D eigenvalue weighted by atomic mass is 10.3. The number of para-hydroxylation sites is 1. The second kappa shape index (κ2) is 5.42. The number of hydrogen-bond acceptors (Lipinski definition) is 3. The van der Waals surface area contributed by atoms with Crippen molar-refractivity contribution in [3.8, 4) is 5.75 Å². The first-order valence-corrected chi connectivity index (χ1v) is 5.22. The van der Waals surface area contributed by atoms with Gasteiger partial charge in [-0.2, -0.15) is 0 Å². The molecule has 5 nitrogen and oxygen atoms in total. The third-order valence-corrected chi connectivity index (χ3v) is 2.22. The molecule has 0 aliphatic carbocycles. The van der Waals surface area contributed by atoms with Crippen molar-refractivity contribution in [2.45, 2.75) is 0 Å². The molecule has 2 N–H and O–H groups in total. The average Bonchev–Trinajstić information content (AvgIpc) is 2.16. The predicted octanol–water partition coefficient (Wildman–Crippen LogP) is 1.13. The third kappa shape index (κ3) is 4.07. The van der Waals surface area contributed by atoms with Gasteiger partial charge in [0.05, 0.1) is 0 Å². The molecule has 0 aliphatic heterocycles. The molecule has 1 unspecified atom stereocenters. The highest BCUT2D eigenvalue weighted by Gasteiger charge is 2.02. The fourth-order valence-electron chi connectivity index (χ4n) is 0.779. The molecule has 0 fully saturated rings. The highest BCUT2D eigenvalue weighted by molar-refractivity contribution is 7.37. The maximum Gasteiger partial charge on any atom is 0.317 e. The summed E-state index contributed by atoms with van der Waals surface area (Å²) in [6.07, 6.45) is 0. The summed E-state index contributed by atoms with van der Waals surface area (Å²) in [7, 11) is -2.52. The normalized spacial score (nSPS) is 12.0. The zero-order valence-electron chi connectivity index (χ0n) is 7.27. The van der Waals surface area contributed by atoms with Crippen LogP contribution in [-0.4, -0.2) is 17.6 Å². The Morgan fingerprint density at radius 2 is 2.07 bits per heavy atom. The van der Waals surface area contributed by atoms with E-state index in [-0.39, 0.29) is 6.54 Å². The van der Waals surface area contributed by atoms with Gasteiger partial charge in [0.1, 0.15) is 12.3 Å². The molecule has 0 spiro atoms. The fraction of sp³-hybridized carbons (Fsp3) is 0.125. The number of benzene rings is 1. The van der Waals surface area contributed by atoms with Crippen LogP contribution in [0, 0.1) is 0 Å². The van der Waals surface area contributed by atoms with Gasteiger partial charge in [0.15, 0.2) is 0 Å². The second-order valence-electron chi connectivity index (χ2n) is 2.45. The molecule has 1 atom stereocenters. The van der Waals surface area contributed by atoms with Gasteiger partial charge < -0.3 is 9.63 Å². The molecule has 0 aliphatic rings. The summed E-state index contributed by atoms with van der Waals surface area (Å²) < 4.78 is 16.0. The first-order valence-electron chi connectivity index (χ1n) is 3.91. The molecule has 0 heterocycles. The van der Waals surface area contributed by atoms with Crippen LogP contribution < -0.4 is 9.61 Å². The molecular formula is C8H10NO4P. The maximum atomic E-state index is 11.1. The van der Waals surface area contributed by atoms with Gasteiger partial charge >= 0.3 is 14.1 Å². The SMILES string of the molecule is O=C(O)CN[PH](=O)Oc1ccccc1. The van der Waals surface area contributed by atoms with E-state index in [1.54, 1.807) is 30.3 Å². The van der Waals surface area contributed by atoms with Crippen molar-refractivity contribution in [1.82, 2.24) is 5.09 Å². The van der Waals surface area contributed by atoms with Gasteiger partial charge in [-0.05, 0) is 12.1 Å². The summed E-state index contributed by atoms with van der Waals surface area (Å²) >= 11 is 0. The van der Waals surface area contributed by atoms with Crippen molar-refractivity contribution < 1.29 is 19.0 Å². The number of nitrogens with one attached hydrogen (secondary N) is 1.